The molecule has 0 radical (unpaired) electrons. The molecule has 1 heterocycles. The fourth-order valence-electron chi connectivity index (χ4n) is 3.50. The van der Waals surface area contributed by atoms with Crippen molar-refractivity contribution in [2.75, 3.05) is 11.4 Å². The number of amides is 1. The van der Waals surface area contributed by atoms with E-state index in [1.165, 1.54) is 4.90 Å². The molecular weight excluding hydrogens is 360 g/mol. The van der Waals surface area contributed by atoms with Crippen molar-refractivity contribution in [3.8, 4) is 11.1 Å². The van der Waals surface area contributed by atoms with Gasteiger partial charge in [-0.1, -0.05) is 42.5 Å². The molecule has 4 rings (SSSR count). The van der Waals surface area contributed by atoms with Gasteiger partial charge in [-0.2, -0.15) is 0 Å². The molecule has 0 N–H and O–H groups in total. The topological polar surface area (TPSA) is 29.5 Å². The van der Waals surface area contributed by atoms with Crippen molar-refractivity contribution < 1.29 is 18.3 Å². The van der Waals surface area contributed by atoms with E-state index in [0.717, 1.165) is 23.8 Å². The quantitative estimate of drug-likeness (QED) is 0.567. The second-order valence-electron chi connectivity index (χ2n) is 7.04. The minimum atomic E-state index is -0.693. The Morgan fingerprint density at radius 1 is 0.964 bits per heavy atom. The van der Waals surface area contributed by atoms with Crippen molar-refractivity contribution >= 4 is 11.8 Å². The van der Waals surface area contributed by atoms with Crippen molar-refractivity contribution in [2.45, 2.75) is 18.9 Å². The highest BCUT2D eigenvalue weighted by Gasteiger charge is 2.38. The molecule has 1 aliphatic heterocycles. The first-order valence-corrected chi connectivity index (χ1v) is 9.08. The number of carbonyl (C=O) groups is 1. The summed E-state index contributed by atoms with van der Waals surface area (Å²) in [5.41, 5.74) is 1.49. The number of carbonyl (C=O) groups excluding carboxylic acids is 1. The van der Waals surface area contributed by atoms with Gasteiger partial charge >= 0.3 is 6.09 Å². The van der Waals surface area contributed by atoms with Crippen molar-refractivity contribution in [3.63, 3.8) is 0 Å². The molecule has 0 saturated carbocycles. The second-order valence-corrected chi connectivity index (χ2v) is 7.04. The van der Waals surface area contributed by atoms with Crippen LogP contribution in [0.4, 0.5) is 19.3 Å². The fraction of sp³-hybridized carbons (Fsp3) is 0.174. The SMILES string of the molecule is C[C@]1(c2ccccc2)CCN(c2cccc(-c3cc(F)ccc3F)c2)C(=O)O1. The molecule has 3 nitrogen and oxygen atoms in total. The standard InChI is InChI=1S/C23H19F2NO2/c1-23(17-7-3-2-4-8-17)12-13-26(22(27)28-23)19-9-5-6-16(14-19)20-15-18(24)10-11-21(20)25/h2-11,14-15H,12-13H2,1H3/t23-/m1/s1. The highest BCUT2D eigenvalue weighted by atomic mass is 19.1. The van der Waals surface area contributed by atoms with Gasteiger partial charge < -0.3 is 4.74 Å². The lowest BCUT2D eigenvalue weighted by atomic mass is 9.91. The van der Waals surface area contributed by atoms with Crippen LogP contribution in [0.2, 0.25) is 0 Å². The average molecular weight is 379 g/mol. The largest absolute Gasteiger partial charge is 0.438 e. The zero-order valence-corrected chi connectivity index (χ0v) is 15.4. The molecule has 0 unspecified atom stereocenters. The number of hydrogen-bond acceptors (Lipinski definition) is 2. The van der Waals surface area contributed by atoms with E-state index in [0.29, 0.717) is 24.2 Å². The number of hydrogen-bond donors (Lipinski definition) is 0. The molecule has 0 bridgehead atoms. The number of halogens is 2. The van der Waals surface area contributed by atoms with Gasteiger partial charge in [0.1, 0.15) is 17.2 Å². The van der Waals surface area contributed by atoms with E-state index in [1.807, 2.05) is 37.3 Å². The van der Waals surface area contributed by atoms with Crippen LogP contribution in [0.5, 0.6) is 0 Å². The van der Waals surface area contributed by atoms with Crippen molar-refractivity contribution in [3.05, 3.63) is 90.0 Å². The Morgan fingerprint density at radius 2 is 1.75 bits per heavy atom. The van der Waals surface area contributed by atoms with Crippen LogP contribution in [-0.2, 0) is 10.3 Å². The van der Waals surface area contributed by atoms with E-state index in [-0.39, 0.29) is 5.56 Å². The van der Waals surface area contributed by atoms with Crippen molar-refractivity contribution in [1.29, 1.82) is 0 Å². The van der Waals surface area contributed by atoms with Gasteiger partial charge in [-0.05, 0) is 48.4 Å². The predicted molar refractivity (Wildman–Crippen MR) is 104 cm³/mol. The third kappa shape index (κ3) is 3.36. The van der Waals surface area contributed by atoms with Gasteiger partial charge in [-0.3, -0.25) is 4.90 Å². The van der Waals surface area contributed by atoms with E-state index in [9.17, 15) is 13.6 Å². The first-order chi connectivity index (χ1) is 13.5. The van der Waals surface area contributed by atoms with Gasteiger partial charge in [-0.25, -0.2) is 13.6 Å². The number of rotatable bonds is 3. The van der Waals surface area contributed by atoms with Gasteiger partial charge in [0.2, 0.25) is 0 Å². The average Bonchev–Trinajstić information content (AvgIpc) is 2.71. The summed E-state index contributed by atoms with van der Waals surface area (Å²) in [4.78, 5) is 14.2. The van der Waals surface area contributed by atoms with Crippen LogP contribution < -0.4 is 4.90 Å². The zero-order valence-electron chi connectivity index (χ0n) is 15.4. The highest BCUT2D eigenvalue weighted by Crippen LogP contribution is 2.36. The third-order valence-corrected chi connectivity index (χ3v) is 5.13. The molecule has 3 aromatic rings. The normalized spacial score (nSPS) is 19.4. The smallest absolute Gasteiger partial charge is 0.415 e. The summed E-state index contributed by atoms with van der Waals surface area (Å²) in [6, 6.07) is 19.8. The van der Waals surface area contributed by atoms with E-state index in [1.54, 1.807) is 24.3 Å². The Kier molecular flexibility index (Phi) is 4.59. The molecule has 28 heavy (non-hydrogen) atoms. The Labute approximate surface area is 162 Å². The lowest BCUT2D eigenvalue weighted by molar-refractivity contribution is 0.00583. The van der Waals surface area contributed by atoms with E-state index >= 15 is 0 Å². The summed E-state index contributed by atoms with van der Waals surface area (Å²) in [5, 5.41) is 0. The van der Waals surface area contributed by atoms with E-state index in [4.69, 9.17) is 4.74 Å². The summed E-state index contributed by atoms with van der Waals surface area (Å²) in [7, 11) is 0. The van der Waals surface area contributed by atoms with Crippen LogP contribution in [0.1, 0.15) is 18.9 Å². The first-order valence-electron chi connectivity index (χ1n) is 9.08. The molecule has 1 amide bonds. The highest BCUT2D eigenvalue weighted by molar-refractivity contribution is 5.89. The molecule has 0 aromatic heterocycles. The maximum Gasteiger partial charge on any atom is 0.415 e. The van der Waals surface area contributed by atoms with Crippen LogP contribution in [0.25, 0.3) is 11.1 Å². The molecule has 5 heteroatoms. The van der Waals surface area contributed by atoms with Crippen LogP contribution >= 0.6 is 0 Å². The van der Waals surface area contributed by atoms with Crippen LogP contribution in [0.3, 0.4) is 0 Å². The zero-order chi connectivity index (χ0) is 19.7. The van der Waals surface area contributed by atoms with E-state index in [2.05, 4.69) is 0 Å². The van der Waals surface area contributed by atoms with E-state index < -0.39 is 23.3 Å². The summed E-state index contributed by atoms with van der Waals surface area (Å²) in [6.07, 6.45) is 0.149. The lowest BCUT2D eigenvalue weighted by Crippen LogP contribution is -2.46. The molecule has 1 saturated heterocycles. The monoisotopic (exact) mass is 379 g/mol. The third-order valence-electron chi connectivity index (χ3n) is 5.13. The van der Waals surface area contributed by atoms with Crippen molar-refractivity contribution in [2.24, 2.45) is 0 Å². The van der Waals surface area contributed by atoms with Crippen LogP contribution in [0.15, 0.2) is 72.8 Å². The Hall–Kier alpha value is -3.21. The fourth-order valence-corrected chi connectivity index (χ4v) is 3.50. The number of nitrogens with zero attached hydrogens (tertiary/aromatic N) is 1. The maximum absolute atomic E-state index is 14.1. The summed E-state index contributed by atoms with van der Waals surface area (Å²) in [5.74, 6) is -1.03. The maximum atomic E-state index is 14.1. The summed E-state index contributed by atoms with van der Waals surface area (Å²) >= 11 is 0. The first kappa shape index (κ1) is 18.2. The Morgan fingerprint density at radius 3 is 2.50 bits per heavy atom. The molecule has 1 aliphatic rings. The molecule has 3 aromatic carbocycles. The van der Waals surface area contributed by atoms with Gasteiger partial charge in [0.05, 0.1) is 0 Å². The summed E-state index contributed by atoms with van der Waals surface area (Å²) in [6.45, 7) is 2.36. The minimum absolute atomic E-state index is 0.154. The van der Waals surface area contributed by atoms with Gasteiger partial charge in [-0.15, -0.1) is 0 Å². The molecule has 0 spiro atoms. The molecule has 1 fully saturated rings. The molecule has 1 atom stereocenters. The van der Waals surface area contributed by atoms with Crippen LogP contribution in [-0.4, -0.2) is 12.6 Å². The molecule has 142 valence electrons. The van der Waals surface area contributed by atoms with Gasteiger partial charge in [0, 0.05) is 24.2 Å². The van der Waals surface area contributed by atoms with Crippen molar-refractivity contribution in [1.82, 2.24) is 0 Å². The lowest BCUT2D eigenvalue weighted by Gasteiger charge is -2.39. The Bertz CT molecular complexity index is 1020. The van der Waals surface area contributed by atoms with Crippen LogP contribution in [0, 0.1) is 11.6 Å². The predicted octanol–water partition coefficient (Wildman–Crippen LogP) is 5.89. The number of benzene rings is 3. The van der Waals surface area contributed by atoms with Gasteiger partial charge in [0.15, 0.2) is 0 Å². The number of cyclic esters (lactones) is 1. The number of ether oxygens (including phenoxy) is 1. The Balaban J connectivity index is 1.61. The summed E-state index contributed by atoms with van der Waals surface area (Å²) < 4.78 is 33.4. The minimum Gasteiger partial charge on any atom is -0.438 e. The number of anilines is 1. The molecular formula is C23H19F2NO2. The molecule has 0 aliphatic carbocycles. The van der Waals surface area contributed by atoms with Gasteiger partial charge in [0.25, 0.3) is 0 Å². The second kappa shape index (κ2) is 7.08.